The van der Waals surface area contributed by atoms with Crippen LogP contribution < -0.4 is 16.2 Å². The summed E-state index contributed by atoms with van der Waals surface area (Å²) >= 11 is 1.32. The van der Waals surface area contributed by atoms with E-state index in [9.17, 15) is 14.4 Å². The largest absolute Gasteiger partial charge is 0.454 e. The Labute approximate surface area is 180 Å². The van der Waals surface area contributed by atoms with Gasteiger partial charge in [-0.1, -0.05) is 12.1 Å². The lowest BCUT2D eigenvalue weighted by molar-refractivity contribution is 0.0462. The number of thiophene rings is 1. The molecular formula is C20H20N6O4S. The van der Waals surface area contributed by atoms with Gasteiger partial charge in [0.1, 0.15) is 4.70 Å². The first-order valence-corrected chi connectivity index (χ1v) is 10.4. The number of ether oxygens (including phenoxy) is 1. The molecule has 0 unspecified atom stereocenters. The molecule has 0 radical (unpaired) electrons. The van der Waals surface area contributed by atoms with Crippen LogP contribution >= 0.6 is 11.3 Å². The minimum absolute atomic E-state index is 0.0507. The Kier molecular flexibility index (Phi) is 5.42. The summed E-state index contributed by atoms with van der Waals surface area (Å²) in [6.45, 7) is 3.52. The molecule has 4 rings (SSSR count). The fourth-order valence-corrected chi connectivity index (χ4v) is 4.00. The third-order valence-electron chi connectivity index (χ3n) is 4.54. The first-order valence-electron chi connectivity index (χ1n) is 9.50. The predicted octanol–water partition coefficient (Wildman–Crippen LogP) is 2.53. The number of aryl methyl sites for hydroxylation is 1. The molecule has 3 heterocycles. The van der Waals surface area contributed by atoms with Crippen LogP contribution in [0.4, 0.5) is 10.5 Å². The van der Waals surface area contributed by atoms with Crippen LogP contribution in [-0.2, 0) is 18.4 Å². The van der Waals surface area contributed by atoms with E-state index in [2.05, 4.69) is 20.8 Å². The monoisotopic (exact) mass is 440 g/mol. The average molecular weight is 440 g/mol. The number of amides is 2. The number of carbonyl (C=O) groups excluding carboxylic acids is 2. The number of fused-ring (bicyclic) bond motifs is 3. The van der Waals surface area contributed by atoms with Crippen LogP contribution in [0.1, 0.15) is 30.0 Å². The Morgan fingerprint density at radius 3 is 2.74 bits per heavy atom. The van der Waals surface area contributed by atoms with Gasteiger partial charge in [-0.2, -0.15) is 0 Å². The zero-order valence-electron chi connectivity index (χ0n) is 17.1. The Morgan fingerprint density at radius 2 is 1.97 bits per heavy atom. The predicted molar refractivity (Wildman–Crippen MR) is 116 cm³/mol. The number of aromatic nitrogens is 4. The average Bonchev–Trinajstić information content (AvgIpc) is 3.37. The number of carbonyl (C=O) groups is 2. The zero-order chi connectivity index (χ0) is 22.1. The van der Waals surface area contributed by atoms with E-state index >= 15 is 0 Å². The smallest absolute Gasteiger partial charge is 0.340 e. The highest BCUT2D eigenvalue weighted by atomic mass is 32.1. The molecule has 3 aromatic heterocycles. The van der Waals surface area contributed by atoms with Crippen molar-refractivity contribution in [1.29, 1.82) is 0 Å². The maximum atomic E-state index is 12.7. The Balaban J connectivity index is 1.59. The summed E-state index contributed by atoms with van der Waals surface area (Å²) in [6, 6.07) is 7.91. The van der Waals surface area contributed by atoms with Crippen molar-refractivity contribution in [2.45, 2.75) is 26.5 Å². The van der Waals surface area contributed by atoms with Crippen molar-refractivity contribution < 1.29 is 14.3 Å². The van der Waals surface area contributed by atoms with E-state index < -0.39 is 12.0 Å². The molecular weight excluding hydrogens is 420 g/mol. The number of nitrogens with one attached hydrogen (secondary N) is 2. The molecule has 0 atom stereocenters. The highest BCUT2D eigenvalue weighted by Crippen LogP contribution is 2.21. The molecule has 0 aliphatic heterocycles. The number of urea groups is 1. The van der Waals surface area contributed by atoms with Gasteiger partial charge in [0.15, 0.2) is 12.4 Å². The molecule has 0 fully saturated rings. The van der Waals surface area contributed by atoms with E-state index in [-0.39, 0.29) is 23.8 Å². The molecule has 1 aromatic carbocycles. The lowest BCUT2D eigenvalue weighted by atomic mass is 10.2. The molecule has 0 aliphatic carbocycles. The van der Waals surface area contributed by atoms with Crippen molar-refractivity contribution in [2.24, 2.45) is 7.05 Å². The van der Waals surface area contributed by atoms with Crippen molar-refractivity contribution >= 4 is 45.0 Å². The summed E-state index contributed by atoms with van der Waals surface area (Å²) < 4.78 is 9.13. The second-order valence-electron chi connectivity index (χ2n) is 7.13. The SMILES string of the molecule is CC(C)NC(=O)Nc1ccccc1C(=O)OCc1nnc2n(C)c(=O)c3sccc3n12. The quantitative estimate of drug-likeness (QED) is 0.460. The molecule has 2 amide bonds. The molecule has 0 saturated carbocycles. The highest BCUT2D eigenvalue weighted by Gasteiger charge is 2.19. The lowest BCUT2D eigenvalue weighted by Crippen LogP contribution is -2.34. The van der Waals surface area contributed by atoms with Crippen LogP contribution in [-0.4, -0.2) is 37.2 Å². The van der Waals surface area contributed by atoms with Crippen molar-refractivity contribution in [3.8, 4) is 0 Å². The van der Waals surface area contributed by atoms with E-state index in [1.165, 1.54) is 15.9 Å². The van der Waals surface area contributed by atoms with Crippen LogP contribution in [0.15, 0.2) is 40.5 Å². The minimum atomic E-state index is -0.622. The number of para-hydroxylation sites is 1. The van der Waals surface area contributed by atoms with Crippen LogP contribution in [0.2, 0.25) is 0 Å². The van der Waals surface area contributed by atoms with Crippen LogP contribution in [0.3, 0.4) is 0 Å². The third-order valence-corrected chi connectivity index (χ3v) is 5.44. The van der Waals surface area contributed by atoms with Crippen molar-refractivity contribution in [1.82, 2.24) is 24.5 Å². The van der Waals surface area contributed by atoms with Gasteiger partial charge in [0.05, 0.1) is 16.8 Å². The first-order chi connectivity index (χ1) is 14.9. The van der Waals surface area contributed by atoms with Crippen molar-refractivity contribution in [3.63, 3.8) is 0 Å². The van der Waals surface area contributed by atoms with E-state index in [0.29, 0.717) is 27.5 Å². The van der Waals surface area contributed by atoms with Gasteiger partial charge in [-0.25, -0.2) is 9.59 Å². The number of anilines is 1. The topological polar surface area (TPSA) is 120 Å². The number of hydrogen-bond donors (Lipinski definition) is 2. The molecule has 10 nitrogen and oxygen atoms in total. The number of rotatable bonds is 5. The van der Waals surface area contributed by atoms with Gasteiger partial charge in [0, 0.05) is 13.1 Å². The van der Waals surface area contributed by atoms with Gasteiger partial charge >= 0.3 is 12.0 Å². The molecule has 0 bridgehead atoms. The number of nitrogens with zero attached hydrogens (tertiary/aromatic N) is 4. The zero-order valence-corrected chi connectivity index (χ0v) is 17.9. The van der Waals surface area contributed by atoms with E-state index in [4.69, 9.17) is 4.74 Å². The van der Waals surface area contributed by atoms with Gasteiger partial charge in [0.2, 0.25) is 5.78 Å². The molecule has 4 aromatic rings. The Hall–Kier alpha value is -3.73. The second-order valence-corrected chi connectivity index (χ2v) is 8.04. The molecule has 0 saturated heterocycles. The Morgan fingerprint density at radius 1 is 1.19 bits per heavy atom. The second kappa shape index (κ2) is 8.19. The Bertz CT molecular complexity index is 1350. The van der Waals surface area contributed by atoms with Crippen LogP contribution in [0, 0.1) is 0 Å². The fraction of sp³-hybridized carbons (Fsp3) is 0.250. The van der Waals surface area contributed by atoms with Gasteiger partial charge in [0.25, 0.3) is 5.56 Å². The molecule has 0 spiro atoms. The summed E-state index contributed by atoms with van der Waals surface area (Å²) in [5.41, 5.74) is 1.04. The molecule has 160 valence electrons. The summed E-state index contributed by atoms with van der Waals surface area (Å²) in [5, 5.41) is 15.3. The highest BCUT2D eigenvalue weighted by molar-refractivity contribution is 7.17. The third kappa shape index (κ3) is 3.87. The van der Waals surface area contributed by atoms with E-state index in [1.54, 1.807) is 41.8 Å². The standard InChI is InChI=1S/C20H20N6O4S/c1-11(2)21-19(29)22-13-7-5-4-6-12(13)18(28)30-10-15-23-24-20-25(3)17(27)16-14(26(15)20)8-9-31-16/h4-9,11H,10H2,1-3H3,(H2,21,22,29). The van der Waals surface area contributed by atoms with Crippen LogP contribution in [0.25, 0.3) is 16.0 Å². The maximum Gasteiger partial charge on any atom is 0.340 e. The van der Waals surface area contributed by atoms with Crippen molar-refractivity contribution in [2.75, 3.05) is 5.32 Å². The molecule has 31 heavy (non-hydrogen) atoms. The molecule has 11 heteroatoms. The summed E-state index contributed by atoms with van der Waals surface area (Å²) in [6.07, 6.45) is 0. The normalized spacial score (nSPS) is 11.2. The van der Waals surface area contributed by atoms with E-state index in [0.717, 1.165) is 0 Å². The van der Waals surface area contributed by atoms with Gasteiger partial charge in [-0.15, -0.1) is 21.5 Å². The summed E-state index contributed by atoms with van der Waals surface area (Å²) in [4.78, 5) is 37.2. The molecule has 0 aliphatic rings. The van der Waals surface area contributed by atoms with Gasteiger partial charge in [-0.3, -0.25) is 13.8 Å². The number of hydrogen-bond acceptors (Lipinski definition) is 7. The fourth-order valence-electron chi connectivity index (χ4n) is 3.14. The van der Waals surface area contributed by atoms with Gasteiger partial charge < -0.3 is 15.4 Å². The van der Waals surface area contributed by atoms with Crippen LogP contribution in [0.5, 0.6) is 0 Å². The first kappa shape index (κ1) is 20.5. The molecule has 2 N–H and O–H groups in total. The van der Waals surface area contributed by atoms with Crippen molar-refractivity contribution in [3.05, 3.63) is 57.5 Å². The van der Waals surface area contributed by atoms with E-state index in [1.807, 2.05) is 19.2 Å². The lowest BCUT2D eigenvalue weighted by Gasteiger charge is -2.13. The maximum absolute atomic E-state index is 12.7. The number of benzene rings is 1. The number of esters is 1. The van der Waals surface area contributed by atoms with Gasteiger partial charge in [-0.05, 0) is 37.4 Å². The summed E-state index contributed by atoms with van der Waals surface area (Å²) in [5.74, 6) is 0.114. The minimum Gasteiger partial charge on any atom is -0.454 e. The summed E-state index contributed by atoms with van der Waals surface area (Å²) in [7, 11) is 1.62.